The van der Waals surface area contributed by atoms with Gasteiger partial charge in [0.05, 0.1) is 5.71 Å². The van der Waals surface area contributed by atoms with E-state index in [9.17, 15) is 9.90 Å². The van der Waals surface area contributed by atoms with Crippen molar-refractivity contribution in [3.8, 4) is 5.75 Å². The SMILES string of the molecule is O=C(NN=C(c1ccccc1)c1ccncc1)c1ccc(O)cc1. The second-order valence-electron chi connectivity index (χ2n) is 5.05. The number of amides is 1. The number of pyridine rings is 1. The number of nitrogens with one attached hydrogen (secondary N) is 1. The highest BCUT2D eigenvalue weighted by Crippen LogP contribution is 2.11. The molecule has 0 radical (unpaired) electrons. The lowest BCUT2D eigenvalue weighted by Crippen LogP contribution is -2.20. The Bertz CT molecular complexity index is 803. The van der Waals surface area contributed by atoms with Crippen molar-refractivity contribution in [3.63, 3.8) is 0 Å². The van der Waals surface area contributed by atoms with E-state index in [1.54, 1.807) is 12.4 Å². The van der Waals surface area contributed by atoms with Gasteiger partial charge >= 0.3 is 0 Å². The standard InChI is InChI=1S/C19H15N3O2/c23-17-8-6-16(7-9-17)19(24)22-21-18(14-4-2-1-3-5-14)15-10-12-20-13-11-15/h1-13,23H,(H,22,24). The Kier molecular flexibility index (Phi) is 4.62. The smallest absolute Gasteiger partial charge is 0.271 e. The molecular weight excluding hydrogens is 302 g/mol. The minimum absolute atomic E-state index is 0.108. The van der Waals surface area contributed by atoms with Gasteiger partial charge in [0, 0.05) is 29.1 Å². The number of carbonyl (C=O) groups excluding carboxylic acids is 1. The van der Waals surface area contributed by atoms with Crippen molar-refractivity contribution in [2.75, 3.05) is 0 Å². The molecule has 2 N–H and O–H groups in total. The van der Waals surface area contributed by atoms with Crippen molar-refractivity contribution >= 4 is 11.6 Å². The monoisotopic (exact) mass is 317 g/mol. The van der Waals surface area contributed by atoms with Crippen molar-refractivity contribution in [2.24, 2.45) is 5.10 Å². The molecule has 0 saturated carbocycles. The van der Waals surface area contributed by atoms with Crippen LogP contribution in [0.1, 0.15) is 21.5 Å². The normalized spacial score (nSPS) is 11.1. The molecule has 0 atom stereocenters. The largest absolute Gasteiger partial charge is 0.508 e. The third kappa shape index (κ3) is 3.64. The number of aromatic hydroxyl groups is 1. The molecule has 0 unspecified atom stereocenters. The van der Waals surface area contributed by atoms with E-state index < -0.39 is 0 Å². The van der Waals surface area contributed by atoms with E-state index in [4.69, 9.17) is 0 Å². The number of hydrogen-bond acceptors (Lipinski definition) is 4. The zero-order chi connectivity index (χ0) is 16.8. The first-order chi connectivity index (χ1) is 11.7. The average molecular weight is 317 g/mol. The highest BCUT2D eigenvalue weighted by molar-refractivity contribution is 6.13. The molecule has 0 aliphatic carbocycles. The summed E-state index contributed by atoms with van der Waals surface area (Å²) in [6, 6.07) is 19.2. The Hall–Kier alpha value is -3.47. The molecule has 0 spiro atoms. The quantitative estimate of drug-likeness (QED) is 0.574. The fourth-order valence-electron chi connectivity index (χ4n) is 2.19. The summed E-state index contributed by atoms with van der Waals surface area (Å²) in [5.74, 6) is -0.241. The molecule has 0 aliphatic heterocycles. The summed E-state index contributed by atoms with van der Waals surface area (Å²) in [5, 5.41) is 13.6. The molecule has 0 fully saturated rings. The summed E-state index contributed by atoms with van der Waals surface area (Å²) in [7, 11) is 0. The van der Waals surface area contributed by atoms with Crippen molar-refractivity contribution in [3.05, 3.63) is 95.8 Å². The molecule has 1 heterocycles. The van der Waals surface area contributed by atoms with Crippen LogP contribution in [0.4, 0.5) is 0 Å². The van der Waals surface area contributed by atoms with Crippen LogP contribution in [-0.4, -0.2) is 21.7 Å². The highest BCUT2D eigenvalue weighted by atomic mass is 16.3. The number of benzene rings is 2. The number of phenols is 1. The van der Waals surface area contributed by atoms with Gasteiger partial charge in [-0.3, -0.25) is 9.78 Å². The number of phenolic OH excluding ortho intramolecular Hbond substituents is 1. The summed E-state index contributed by atoms with van der Waals surface area (Å²) in [6.07, 6.45) is 3.35. The molecular formula is C19H15N3O2. The van der Waals surface area contributed by atoms with Gasteiger partial charge in [0.15, 0.2) is 0 Å². The van der Waals surface area contributed by atoms with Gasteiger partial charge in [0.2, 0.25) is 0 Å². The predicted molar refractivity (Wildman–Crippen MR) is 91.9 cm³/mol. The number of nitrogens with zero attached hydrogens (tertiary/aromatic N) is 2. The van der Waals surface area contributed by atoms with Crippen LogP contribution in [0.2, 0.25) is 0 Å². The third-order valence-corrected chi connectivity index (χ3v) is 3.40. The van der Waals surface area contributed by atoms with Gasteiger partial charge in [0.25, 0.3) is 5.91 Å². The molecule has 5 nitrogen and oxygen atoms in total. The van der Waals surface area contributed by atoms with Crippen molar-refractivity contribution in [1.82, 2.24) is 10.4 Å². The van der Waals surface area contributed by atoms with E-state index in [-0.39, 0.29) is 11.7 Å². The number of hydrogen-bond donors (Lipinski definition) is 2. The van der Waals surface area contributed by atoms with Gasteiger partial charge in [-0.05, 0) is 36.4 Å². The van der Waals surface area contributed by atoms with E-state index >= 15 is 0 Å². The first kappa shape index (κ1) is 15.4. The van der Waals surface area contributed by atoms with Gasteiger partial charge in [-0.25, -0.2) is 5.43 Å². The lowest BCUT2D eigenvalue weighted by Gasteiger charge is -2.08. The summed E-state index contributed by atoms with van der Waals surface area (Å²) in [5.41, 5.74) is 5.35. The Balaban J connectivity index is 1.90. The van der Waals surface area contributed by atoms with Crippen molar-refractivity contribution in [2.45, 2.75) is 0 Å². The summed E-state index contributed by atoms with van der Waals surface area (Å²) >= 11 is 0. The third-order valence-electron chi connectivity index (χ3n) is 3.40. The van der Waals surface area contributed by atoms with E-state index in [1.165, 1.54) is 24.3 Å². The average Bonchev–Trinajstić information content (AvgIpc) is 2.64. The minimum atomic E-state index is -0.350. The maximum atomic E-state index is 12.2. The van der Waals surface area contributed by atoms with Crippen molar-refractivity contribution < 1.29 is 9.90 Å². The molecule has 118 valence electrons. The first-order valence-electron chi connectivity index (χ1n) is 7.37. The lowest BCUT2D eigenvalue weighted by atomic mass is 10.0. The number of rotatable bonds is 4. The molecule has 1 amide bonds. The second kappa shape index (κ2) is 7.19. The molecule has 0 bridgehead atoms. The highest BCUT2D eigenvalue weighted by Gasteiger charge is 2.09. The molecule has 0 aliphatic rings. The van der Waals surface area contributed by atoms with Crippen molar-refractivity contribution in [1.29, 1.82) is 0 Å². The topological polar surface area (TPSA) is 74.6 Å². The molecule has 3 rings (SSSR count). The van der Waals surface area contributed by atoms with Crippen LogP contribution in [-0.2, 0) is 0 Å². The molecule has 0 saturated heterocycles. The van der Waals surface area contributed by atoms with Crippen LogP contribution >= 0.6 is 0 Å². The minimum Gasteiger partial charge on any atom is -0.508 e. The summed E-state index contributed by atoms with van der Waals surface area (Å²) in [4.78, 5) is 16.2. The Morgan fingerprint density at radius 1 is 0.833 bits per heavy atom. The number of aromatic nitrogens is 1. The molecule has 3 aromatic rings. The maximum absolute atomic E-state index is 12.2. The zero-order valence-electron chi connectivity index (χ0n) is 12.8. The molecule has 24 heavy (non-hydrogen) atoms. The Morgan fingerprint density at radius 3 is 2.12 bits per heavy atom. The van der Waals surface area contributed by atoms with Gasteiger partial charge in [-0.15, -0.1) is 0 Å². The van der Waals surface area contributed by atoms with E-state index in [1.807, 2.05) is 42.5 Å². The van der Waals surface area contributed by atoms with Crippen LogP contribution in [0.25, 0.3) is 0 Å². The maximum Gasteiger partial charge on any atom is 0.271 e. The summed E-state index contributed by atoms with van der Waals surface area (Å²) < 4.78 is 0. The lowest BCUT2D eigenvalue weighted by molar-refractivity contribution is 0.0955. The van der Waals surface area contributed by atoms with E-state index in [0.717, 1.165) is 11.1 Å². The molecule has 5 heteroatoms. The van der Waals surface area contributed by atoms with Crippen LogP contribution in [0.5, 0.6) is 5.75 Å². The van der Waals surface area contributed by atoms with E-state index in [0.29, 0.717) is 11.3 Å². The van der Waals surface area contributed by atoms with Crippen LogP contribution in [0.3, 0.4) is 0 Å². The number of carbonyl (C=O) groups is 1. The summed E-state index contributed by atoms with van der Waals surface area (Å²) in [6.45, 7) is 0. The van der Waals surface area contributed by atoms with Gasteiger partial charge in [-0.1, -0.05) is 30.3 Å². The van der Waals surface area contributed by atoms with Crippen LogP contribution in [0, 0.1) is 0 Å². The van der Waals surface area contributed by atoms with Crippen LogP contribution in [0.15, 0.2) is 84.2 Å². The second-order valence-corrected chi connectivity index (χ2v) is 5.05. The zero-order valence-corrected chi connectivity index (χ0v) is 12.8. The Morgan fingerprint density at radius 2 is 1.46 bits per heavy atom. The van der Waals surface area contributed by atoms with Crippen LogP contribution < -0.4 is 5.43 Å². The first-order valence-corrected chi connectivity index (χ1v) is 7.37. The van der Waals surface area contributed by atoms with E-state index in [2.05, 4.69) is 15.5 Å². The van der Waals surface area contributed by atoms with Gasteiger partial charge in [0.1, 0.15) is 5.75 Å². The van der Waals surface area contributed by atoms with Gasteiger partial charge < -0.3 is 5.11 Å². The fourth-order valence-corrected chi connectivity index (χ4v) is 2.19. The predicted octanol–water partition coefficient (Wildman–Crippen LogP) is 2.97. The number of hydrazone groups is 1. The molecule has 2 aromatic carbocycles. The molecule has 1 aromatic heterocycles. The Labute approximate surface area is 139 Å². The fraction of sp³-hybridized carbons (Fsp3) is 0. The van der Waals surface area contributed by atoms with Gasteiger partial charge in [-0.2, -0.15) is 5.10 Å².